The zero-order chi connectivity index (χ0) is 26.7. The molecule has 1 saturated carbocycles. The molecule has 2 nitrogen and oxygen atoms in total. The molecule has 0 bridgehead atoms. The van der Waals surface area contributed by atoms with Gasteiger partial charge < -0.3 is 9.47 Å². The van der Waals surface area contributed by atoms with Gasteiger partial charge in [-0.25, -0.2) is 17.6 Å². The molecular weight excluding hydrogens is 494 g/mol. The van der Waals surface area contributed by atoms with Gasteiger partial charge in [-0.1, -0.05) is 38.0 Å². The molecule has 0 radical (unpaired) electrons. The lowest BCUT2D eigenvalue weighted by atomic mass is 9.77. The van der Waals surface area contributed by atoms with Crippen molar-refractivity contribution in [2.45, 2.75) is 64.9 Å². The SMILES string of the molecule is CCCC1CCC(c2c(F)cc(C)c(Oc3ccccc3-c3cc(F)c(OC(F)F)c(F)c3)c2F)CC1. The second-order valence-corrected chi connectivity index (χ2v) is 9.48. The molecule has 1 fully saturated rings. The highest BCUT2D eigenvalue weighted by molar-refractivity contribution is 5.72. The van der Waals surface area contributed by atoms with Crippen molar-refractivity contribution in [2.24, 2.45) is 5.92 Å². The summed E-state index contributed by atoms with van der Waals surface area (Å²) in [6, 6.07) is 9.04. The van der Waals surface area contributed by atoms with Crippen LogP contribution >= 0.6 is 0 Å². The molecule has 37 heavy (non-hydrogen) atoms. The van der Waals surface area contributed by atoms with E-state index in [0.717, 1.165) is 37.8 Å². The Kier molecular flexibility index (Phi) is 8.35. The normalized spacial score (nSPS) is 17.8. The number of alkyl halides is 2. The fraction of sp³-hybridized carbons (Fsp3) is 0.379. The van der Waals surface area contributed by atoms with Crippen LogP contribution in [0, 0.1) is 36.1 Å². The summed E-state index contributed by atoms with van der Waals surface area (Å²) in [5, 5.41) is 0. The summed E-state index contributed by atoms with van der Waals surface area (Å²) < 4.78 is 94.3. The van der Waals surface area contributed by atoms with Gasteiger partial charge in [0.25, 0.3) is 0 Å². The topological polar surface area (TPSA) is 18.5 Å². The van der Waals surface area contributed by atoms with Gasteiger partial charge in [-0.15, -0.1) is 0 Å². The minimum Gasteiger partial charge on any atom is -0.453 e. The van der Waals surface area contributed by atoms with Crippen molar-refractivity contribution in [1.29, 1.82) is 0 Å². The Morgan fingerprint density at radius 1 is 0.865 bits per heavy atom. The third kappa shape index (κ3) is 5.89. The average Bonchev–Trinajstić information content (AvgIpc) is 2.85. The first-order chi connectivity index (χ1) is 17.7. The number of benzene rings is 3. The van der Waals surface area contributed by atoms with E-state index >= 15 is 4.39 Å². The molecule has 3 aromatic carbocycles. The van der Waals surface area contributed by atoms with Crippen molar-refractivity contribution in [3.05, 3.63) is 76.9 Å². The summed E-state index contributed by atoms with van der Waals surface area (Å²) >= 11 is 0. The molecule has 3 aromatic rings. The van der Waals surface area contributed by atoms with E-state index in [1.165, 1.54) is 25.1 Å². The second-order valence-electron chi connectivity index (χ2n) is 9.48. The number of para-hydroxylation sites is 1. The second kappa shape index (κ2) is 11.5. The fourth-order valence-electron chi connectivity index (χ4n) is 5.20. The maximum atomic E-state index is 15.8. The lowest BCUT2D eigenvalue weighted by molar-refractivity contribution is -0.0546. The van der Waals surface area contributed by atoms with E-state index in [2.05, 4.69) is 11.7 Å². The van der Waals surface area contributed by atoms with Gasteiger partial charge in [0.1, 0.15) is 11.6 Å². The molecule has 0 amide bonds. The van der Waals surface area contributed by atoms with Crippen molar-refractivity contribution in [1.82, 2.24) is 0 Å². The molecule has 198 valence electrons. The first-order valence-electron chi connectivity index (χ1n) is 12.4. The zero-order valence-corrected chi connectivity index (χ0v) is 20.6. The maximum Gasteiger partial charge on any atom is 0.387 e. The molecule has 0 N–H and O–H groups in total. The average molecular weight is 523 g/mol. The Bertz CT molecular complexity index is 1230. The van der Waals surface area contributed by atoms with Crippen LogP contribution in [-0.2, 0) is 0 Å². The highest BCUT2D eigenvalue weighted by Crippen LogP contribution is 2.44. The minimum atomic E-state index is -3.40. The van der Waals surface area contributed by atoms with Gasteiger partial charge in [0.15, 0.2) is 29.0 Å². The molecule has 0 atom stereocenters. The van der Waals surface area contributed by atoms with Crippen molar-refractivity contribution in [3.8, 4) is 28.4 Å². The minimum absolute atomic E-state index is 0.00128. The largest absolute Gasteiger partial charge is 0.453 e. The van der Waals surface area contributed by atoms with E-state index in [1.54, 1.807) is 12.1 Å². The quantitative estimate of drug-likeness (QED) is 0.274. The Hall–Kier alpha value is -3.16. The van der Waals surface area contributed by atoms with Crippen LogP contribution in [0.15, 0.2) is 42.5 Å². The van der Waals surface area contributed by atoms with E-state index in [-0.39, 0.29) is 39.7 Å². The van der Waals surface area contributed by atoms with Crippen molar-refractivity contribution in [3.63, 3.8) is 0 Å². The summed E-state index contributed by atoms with van der Waals surface area (Å²) in [5.41, 5.74) is 0.389. The third-order valence-electron chi connectivity index (χ3n) is 6.96. The number of hydrogen-bond donors (Lipinski definition) is 0. The molecule has 0 saturated heterocycles. The molecule has 0 aliphatic heterocycles. The van der Waals surface area contributed by atoms with Crippen molar-refractivity contribution in [2.75, 3.05) is 0 Å². The summed E-state index contributed by atoms with van der Waals surface area (Å²) in [6.07, 6.45) is 5.37. The summed E-state index contributed by atoms with van der Waals surface area (Å²) in [5.74, 6) is -5.05. The van der Waals surface area contributed by atoms with E-state index in [1.807, 2.05) is 0 Å². The van der Waals surface area contributed by atoms with E-state index in [0.29, 0.717) is 18.8 Å². The van der Waals surface area contributed by atoms with Crippen LogP contribution in [0.5, 0.6) is 17.2 Å². The molecule has 0 spiro atoms. The molecule has 0 aromatic heterocycles. The Labute approximate surface area is 212 Å². The van der Waals surface area contributed by atoms with Gasteiger partial charge in [-0.05, 0) is 79.8 Å². The van der Waals surface area contributed by atoms with Crippen LogP contribution in [0.2, 0.25) is 0 Å². The summed E-state index contributed by atoms with van der Waals surface area (Å²) in [4.78, 5) is 0. The molecule has 1 aliphatic rings. The van der Waals surface area contributed by atoms with Gasteiger partial charge in [0.2, 0.25) is 0 Å². The predicted molar refractivity (Wildman–Crippen MR) is 129 cm³/mol. The van der Waals surface area contributed by atoms with Gasteiger partial charge in [0, 0.05) is 11.1 Å². The van der Waals surface area contributed by atoms with Crippen LogP contribution < -0.4 is 9.47 Å². The summed E-state index contributed by atoms with van der Waals surface area (Å²) in [6.45, 7) is 0.244. The number of hydrogen-bond acceptors (Lipinski definition) is 2. The van der Waals surface area contributed by atoms with Gasteiger partial charge in [-0.2, -0.15) is 8.78 Å². The van der Waals surface area contributed by atoms with Crippen molar-refractivity contribution < 1.29 is 35.8 Å². The third-order valence-corrected chi connectivity index (χ3v) is 6.96. The highest BCUT2D eigenvalue weighted by atomic mass is 19.3. The monoisotopic (exact) mass is 522 g/mol. The Morgan fingerprint density at radius 2 is 1.51 bits per heavy atom. The first kappa shape index (κ1) is 26.9. The molecule has 0 heterocycles. The van der Waals surface area contributed by atoms with E-state index < -0.39 is 35.6 Å². The van der Waals surface area contributed by atoms with Crippen LogP contribution in [0.3, 0.4) is 0 Å². The first-order valence-corrected chi connectivity index (χ1v) is 12.4. The van der Waals surface area contributed by atoms with Gasteiger partial charge in [0.05, 0.1) is 0 Å². The Balaban J connectivity index is 1.68. The van der Waals surface area contributed by atoms with Crippen molar-refractivity contribution >= 4 is 0 Å². The standard InChI is InChI=1S/C29H28F6O2/c1-3-6-17-9-11-18(12-10-17)25-21(30)13-16(2)27(26(25)33)36-24-8-5-4-7-20(24)19-14-22(31)28(23(32)15-19)37-29(34)35/h4-5,7-8,13-15,17-18,29H,3,6,9-12H2,1-2H3. The number of rotatable bonds is 8. The summed E-state index contributed by atoms with van der Waals surface area (Å²) in [7, 11) is 0. The molecular formula is C29H28F6O2. The molecule has 4 rings (SSSR count). The van der Waals surface area contributed by atoms with Crippen LogP contribution in [-0.4, -0.2) is 6.61 Å². The van der Waals surface area contributed by atoms with Crippen LogP contribution in [0.25, 0.3) is 11.1 Å². The van der Waals surface area contributed by atoms with Gasteiger partial charge in [-0.3, -0.25) is 0 Å². The lowest BCUT2D eigenvalue weighted by Crippen LogP contribution is -2.16. The van der Waals surface area contributed by atoms with Gasteiger partial charge >= 0.3 is 6.61 Å². The Morgan fingerprint density at radius 3 is 2.14 bits per heavy atom. The predicted octanol–water partition coefficient (Wildman–Crippen LogP) is 9.69. The highest BCUT2D eigenvalue weighted by Gasteiger charge is 2.29. The zero-order valence-electron chi connectivity index (χ0n) is 20.6. The lowest BCUT2D eigenvalue weighted by Gasteiger charge is -2.29. The van der Waals surface area contributed by atoms with E-state index in [4.69, 9.17) is 4.74 Å². The number of halogens is 6. The molecule has 0 unspecified atom stereocenters. The maximum absolute atomic E-state index is 15.8. The van der Waals surface area contributed by atoms with Crippen LogP contribution in [0.4, 0.5) is 26.3 Å². The smallest absolute Gasteiger partial charge is 0.387 e. The molecule has 1 aliphatic carbocycles. The van der Waals surface area contributed by atoms with Crippen LogP contribution in [0.1, 0.15) is 62.5 Å². The fourth-order valence-corrected chi connectivity index (χ4v) is 5.20. The number of ether oxygens (including phenoxy) is 2. The number of aryl methyl sites for hydroxylation is 1. The van der Waals surface area contributed by atoms with E-state index in [9.17, 15) is 22.0 Å². The molecule has 8 heteroatoms.